The first-order valence-corrected chi connectivity index (χ1v) is 16.9. The number of benzene rings is 4. The summed E-state index contributed by atoms with van der Waals surface area (Å²) in [5, 5.41) is 3.75. The molecule has 4 aromatic rings. The molecule has 236 valence electrons. The van der Waals surface area contributed by atoms with Gasteiger partial charge in [0.15, 0.2) is 0 Å². The van der Waals surface area contributed by atoms with Gasteiger partial charge in [0.05, 0.1) is 10.6 Å². The molecule has 11 heteroatoms. The summed E-state index contributed by atoms with van der Waals surface area (Å²) in [7, 11) is -4.27. The molecule has 1 N–H and O–H groups in total. The van der Waals surface area contributed by atoms with E-state index < -0.39 is 34.4 Å². The van der Waals surface area contributed by atoms with Gasteiger partial charge in [0.1, 0.15) is 12.6 Å². The standard InChI is InChI=1S/C34H34Cl3N3O4S/c1-4-38-34(42)32(19-25-9-6-5-7-10-25)39(21-28-29(36)11-8-12-30(28)37)33(41)22-40(31-20-26(35)16-15-24(31)3)45(43,44)27-17-13-23(2)14-18-27/h5-18,20,32H,4,19,21-22H2,1-3H3,(H,38,42)/t32-/m1/s1. The molecule has 0 spiro atoms. The Bertz CT molecular complexity index is 1750. The quantitative estimate of drug-likeness (QED) is 0.170. The highest BCUT2D eigenvalue weighted by Gasteiger charge is 2.35. The first-order valence-electron chi connectivity index (χ1n) is 14.3. The lowest BCUT2D eigenvalue weighted by atomic mass is 10.0. The minimum absolute atomic E-state index is 0.00513. The van der Waals surface area contributed by atoms with Gasteiger partial charge in [-0.25, -0.2) is 8.42 Å². The fourth-order valence-electron chi connectivity index (χ4n) is 4.90. The van der Waals surface area contributed by atoms with E-state index in [0.29, 0.717) is 32.7 Å². The van der Waals surface area contributed by atoms with Gasteiger partial charge in [0, 0.05) is 40.1 Å². The number of sulfonamides is 1. The Balaban J connectivity index is 1.86. The molecule has 0 saturated carbocycles. The van der Waals surface area contributed by atoms with Crippen LogP contribution < -0.4 is 9.62 Å². The molecule has 0 saturated heterocycles. The Morgan fingerprint density at radius 3 is 2.11 bits per heavy atom. The molecular formula is C34H34Cl3N3O4S. The average molecular weight is 687 g/mol. The highest BCUT2D eigenvalue weighted by molar-refractivity contribution is 7.92. The first kappa shape index (κ1) is 34.3. The van der Waals surface area contributed by atoms with E-state index in [1.54, 1.807) is 56.3 Å². The number of nitrogens with zero attached hydrogens (tertiary/aromatic N) is 2. The number of anilines is 1. The van der Waals surface area contributed by atoms with Crippen molar-refractivity contribution in [3.63, 3.8) is 0 Å². The third-order valence-corrected chi connectivity index (χ3v) is 10.1. The van der Waals surface area contributed by atoms with E-state index in [2.05, 4.69) is 5.32 Å². The van der Waals surface area contributed by atoms with Crippen molar-refractivity contribution >= 4 is 62.3 Å². The number of likely N-dealkylation sites (N-methyl/N-ethyl adjacent to an activating group) is 1. The molecule has 1 atom stereocenters. The molecule has 0 radical (unpaired) electrons. The van der Waals surface area contributed by atoms with Gasteiger partial charge in [-0.2, -0.15) is 0 Å². The number of amides is 2. The first-order chi connectivity index (χ1) is 21.4. The van der Waals surface area contributed by atoms with Crippen LogP contribution >= 0.6 is 34.8 Å². The highest BCUT2D eigenvalue weighted by atomic mass is 35.5. The van der Waals surface area contributed by atoms with E-state index in [9.17, 15) is 18.0 Å². The molecule has 7 nitrogen and oxygen atoms in total. The van der Waals surface area contributed by atoms with Crippen molar-refractivity contribution in [1.82, 2.24) is 10.2 Å². The zero-order chi connectivity index (χ0) is 32.7. The van der Waals surface area contributed by atoms with Crippen molar-refractivity contribution in [2.75, 3.05) is 17.4 Å². The number of carbonyl (C=O) groups is 2. The number of halogens is 3. The number of carbonyl (C=O) groups excluding carboxylic acids is 2. The van der Waals surface area contributed by atoms with Crippen molar-refractivity contribution in [2.45, 2.75) is 44.7 Å². The number of nitrogens with one attached hydrogen (secondary N) is 1. The molecule has 0 fully saturated rings. The second kappa shape index (κ2) is 15.1. The minimum atomic E-state index is -4.27. The van der Waals surface area contributed by atoms with Crippen LogP contribution in [0.3, 0.4) is 0 Å². The van der Waals surface area contributed by atoms with Crippen molar-refractivity contribution in [3.8, 4) is 0 Å². The lowest BCUT2D eigenvalue weighted by Crippen LogP contribution is -2.53. The average Bonchev–Trinajstić information content (AvgIpc) is 3.01. The molecule has 0 aliphatic carbocycles. The summed E-state index contributed by atoms with van der Waals surface area (Å²) < 4.78 is 29.5. The normalized spacial score (nSPS) is 12.0. The molecule has 0 aliphatic heterocycles. The van der Waals surface area contributed by atoms with Crippen LogP contribution in [0.15, 0.2) is 95.9 Å². The second-order valence-electron chi connectivity index (χ2n) is 10.6. The van der Waals surface area contributed by atoms with E-state index in [-0.39, 0.29) is 23.5 Å². The van der Waals surface area contributed by atoms with E-state index in [0.717, 1.165) is 15.4 Å². The minimum Gasteiger partial charge on any atom is -0.355 e. The Hall–Kier alpha value is -3.56. The van der Waals surface area contributed by atoms with Crippen LogP contribution in [0.4, 0.5) is 5.69 Å². The van der Waals surface area contributed by atoms with Gasteiger partial charge < -0.3 is 10.2 Å². The Morgan fingerprint density at radius 2 is 1.49 bits per heavy atom. The Labute approximate surface area is 279 Å². The maximum Gasteiger partial charge on any atom is 0.264 e. The monoisotopic (exact) mass is 685 g/mol. The molecule has 0 unspecified atom stereocenters. The SMILES string of the molecule is CCNC(=O)[C@@H](Cc1ccccc1)N(Cc1c(Cl)cccc1Cl)C(=O)CN(c1cc(Cl)ccc1C)S(=O)(=O)c1ccc(C)cc1. The van der Waals surface area contributed by atoms with Gasteiger partial charge in [-0.15, -0.1) is 0 Å². The van der Waals surface area contributed by atoms with Crippen LogP contribution in [-0.2, 0) is 32.6 Å². The van der Waals surface area contributed by atoms with Crippen molar-refractivity contribution in [3.05, 3.63) is 128 Å². The Morgan fingerprint density at radius 1 is 0.844 bits per heavy atom. The third-order valence-electron chi connectivity index (χ3n) is 7.34. The summed E-state index contributed by atoms with van der Waals surface area (Å²) >= 11 is 19.4. The molecule has 0 heterocycles. The van der Waals surface area contributed by atoms with Crippen molar-refractivity contribution in [1.29, 1.82) is 0 Å². The Kier molecular flexibility index (Phi) is 11.6. The van der Waals surface area contributed by atoms with Gasteiger partial charge in [-0.05, 0) is 68.3 Å². The largest absolute Gasteiger partial charge is 0.355 e. The molecular weight excluding hydrogens is 653 g/mol. The maximum absolute atomic E-state index is 14.5. The summed E-state index contributed by atoms with van der Waals surface area (Å²) in [4.78, 5) is 29.5. The fourth-order valence-corrected chi connectivity index (χ4v) is 7.06. The second-order valence-corrected chi connectivity index (χ2v) is 13.7. The van der Waals surface area contributed by atoms with Gasteiger partial charge >= 0.3 is 0 Å². The van der Waals surface area contributed by atoms with Crippen molar-refractivity contribution < 1.29 is 18.0 Å². The number of hydrogen-bond donors (Lipinski definition) is 1. The summed E-state index contributed by atoms with van der Waals surface area (Å²) in [6, 6.07) is 24.5. The summed E-state index contributed by atoms with van der Waals surface area (Å²) in [5.74, 6) is -1.03. The molecule has 0 aromatic heterocycles. The summed E-state index contributed by atoms with van der Waals surface area (Å²) in [6.45, 7) is 4.94. The van der Waals surface area contributed by atoms with Crippen LogP contribution in [0, 0.1) is 13.8 Å². The molecule has 45 heavy (non-hydrogen) atoms. The summed E-state index contributed by atoms with van der Waals surface area (Å²) in [6.07, 6.45) is 0.168. The highest BCUT2D eigenvalue weighted by Crippen LogP contribution is 2.31. The van der Waals surface area contributed by atoms with E-state index >= 15 is 0 Å². The lowest BCUT2D eigenvalue weighted by Gasteiger charge is -2.34. The van der Waals surface area contributed by atoms with Crippen LogP contribution in [0.25, 0.3) is 0 Å². The van der Waals surface area contributed by atoms with Crippen LogP contribution in [0.1, 0.15) is 29.2 Å². The molecule has 0 bridgehead atoms. The topological polar surface area (TPSA) is 86.8 Å². The summed E-state index contributed by atoms with van der Waals surface area (Å²) in [5.41, 5.74) is 2.96. The molecule has 2 amide bonds. The van der Waals surface area contributed by atoms with Crippen LogP contribution in [0.2, 0.25) is 15.1 Å². The zero-order valence-corrected chi connectivity index (χ0v) is 28.2. The van der Waals surface area contributed by atoms with Crippen LogP contribution in [0.5, 0.6) is 0 Å². The van der Waals surface area contributed by atoms with E-state index in [1.165, 1.54) is 23.1 Å². The van der Waals surface area contributed by atoms with E-state index in [4.69, 9.17) is 34.8 Å². The predicted molar refractivity (Wildman–Crippen MR) is 182 cm³/mol. The number of aryl methyl sites for hydroxylation is 2. The number of rotatable bonds is 12. The fraction of sp³-hybridized carbons (Fsp3) is 0.235. The molecule has 4 aromatic carbocycles. The smallest absolute Gasteiger partial charge is 0.264 e. The third kappa shape index (κ3) is 8.38. The molecule has 0 aliphatic rings. The van der Waals surface area contributed by atoms with Gasteiger partial charge in [0.2, 0.25) is 11.8 Å². The van der Waals surface area contributed by atoms with Gasteiger partial charge in [-0.3, -0.25) is 13.9 Å². The van der Waals surface area contributed by atoms with Gasteiger partial charge in [0.25, 0.3) is 10.0 Å². The van der Waals surface area contributed by atoms with Crippen molar-refractivity contribution in [2.24, 2.45) is 0 Å². The van der Waals surface area contributed by atoms with Crippen LogP contribution in [-0.4, -0.2) is 44.3 Å². The van der Waals surface area contributed by atoms with E-state index in [1.807, 2.05) is 37.3 Å². The predicted octanol–water partition coefficient (Wildman–Crippen LogP) is 7.24. The maximum atomic E-state index is 14.5. The van der Waals surface area contributed by atoms with Gasteiger partial charge in [-0.1, -0.05) is 95.0 Å². The zero-order valence-electron chi connectivity index (χ0n) is 25.1. The molecule has 4 rings (SSSR count). The lowest BCUT2D eigenvalue weighted by molar-refractivity contribution is -0.140. The number of hydrogen-bond acceptors (Lipinski definition) is 4.